The normalized spacial score (nSPS) is 18.3. The van der Waals surface area contributed by atoms with E-state index in [1.54, 1.807) is 17.6 Å². The summed E-state index contributed by atoms with van der Waals surface area (Å²) in [6, 6.07) is 13.4. The lowest BCUT2D eigenvalue weighted by Crippen LogP contribution is -2.44. The maximum atomic E-state index is 13.7. The van der Waals surface area contributed by atoms with E-state index in [2.05, 4.69) is 6.92 Å². The molecule has 0 fully saturated rings. The lowest BCUT2D eigenvalue weighted by Gasteiger charge is -2.31. The van der Waals surface area contributed by atoms with Crippen LogP contribution < -0.4 is 19.8 Å². The standard InChI is InChI=1S/C31H28N2O7/c1-3-5-10-37-18-8-6-17(7-9-18)27-19-11-25-26(40-16-39-25)13-23(19)32-28-20(27)14-33-24(28)12-22-21(29(33)34)15-38-30(35)31(22,36)4-2/h6-9,11-13,36H,3-5,10,14-16H2,1-2H3/t31-/m0/s1. The highest BCUT2D eigenvalue weighted by atomic mass is 16.7. The quantitative estimate of drug-likeness (QED) is 0.245. The molecule has 204 valence electrons. The predicted octanol–water partition coefficient (Wildman–Crippen LogP) is 4.65. The highest BCUT2D eigenvalue weighted by Gasteiger charge is 2.45. The van der Waals surface area contributed by atoms with Gasteiger partial charge in [-0.15, -0.1) is 0 Å². The highest BCUT2D eigenvalue weighted by Crippen LogP contribution is 2.46. The number of unbranched alkanes of at least 4 members (excludes halogenated alkanes) is 1. The van der Waals surface area contributed by atoms with Crippen molar-refractivity contribution in [2.45, 2.75) is 51.9 Å². The Hall–Kier alpha value is -4.37. The molecule has 3 aliphatic heterocycles. The molecule has 9 heteroatoms. The van der Waals surface area contributed by atoms with E-state index in [0.29, 0.717) is 40.6 Å². The molecule has 2 aromatic carbocycles. The lowest BCUT2D eigenvalue weighted by atomic mass is 9.86. The van der Waals surface area contributed by atoms with Gasteiger partial charge in [-0.2, -0.15) is 0 Å². The molecule has 0 saturated carbocycles. The van der Waals surface area contributed by atoms with Crippen LogP contribution in [-0.2, 0) is 28.3 Å². The van der Waals surface area contributed by atoms with Crippen molar-refractivity contribution >= 4 is 16.9 Å². The van der Waals surface area contributed by atoms with E-state index in [4.69, 9.17) is 23.9 Å². The van der Waals surface area contributed by atoms with Gasteiger partial charge in [0.15, 0.2) is 17.1 Å². The number of hydrogen-bond acceptors (Lipinski definition) is 8. The van der Waals surface area contributed by atoms with Crippen LogP contribution >= 0.6 is 0 Å². The summed E-state index contributed by atoms with van der Waals surface area (Å²) in [6.07, 6.45) is 2.13. The average molecular weight is 541 g/mol. The summed E-state index contributed by atoms with van der Waals surface area (Å²) in [5.74, 6) is 1.29. The Balaban J connectivity index is 1.45. The number of fused-ring (bicyclic) bond motifs is 6. The van der Waals surface area contributed by atoms with Gasteiger partial charge in [-0.05, 0) is 48.2 Å². The maximum Gasteiger partial charge on any atom is 0.343 e. The molecule has 0 amide bonds. The van der Waals surface area contributed by atoms with Crippen LogP contribution in [0.4, 0.5) is 0 Å². The van der Waals surface area contributed by atoms with E-state index in [9.17, 15) is 14.7 Å². The molecule has 7 rings (SSSR count). The number of rotatable bonds is 6. The van der Waals surface area contributed by atoms with Crippen molar-refractivity contribution in [1.82, 2.24) is 9.55 Å². The minimum atomic E-state index is -1.88. The fourth-order valence-corrected chi connectivity index (χ4v) is 5.85. The Morgan fingerprint density at radius 2 is 1.80 bits per heavy atom. The number of esters is 1. The Morgan fingerprint density at radius 1 is 1.02 bits per heavy atom. The van der Waals surface area contributed by atoms with E-state index < -0.39 is 11.6 Å². The van der Waals surface area contributed by atoms with Crippen molar-refractivity contribution in [3.63, 3.8) is 0 Å². The van der Waals surface area contributed by atoms with Gasteiger partial charge >= 0.3 is 5.97 Å². The van der Waals surface area contributed by atoms with Gasteiger partial charge in [0.2, 0.25) is 6.79 Å². The zero-order chi connectivity index (χ0) is 27.6. The fourth-order valence-electron chi connectivity index (χ4n) is 5.85. The van der Waals surface area contributed by atoms with Gasteiger partial charge in [0.1, 0.15) is 12.4 Å². The number of nitrogens with zero attached hydrogens (tertiary/aromatic N) is 2. The molecule has 1 N–H and O–H groups in total. The first kappa shape index (κ1) is 24.7. The first-order valence-corrected chi connectivity index (χ1v) is 13.6. The molecule has 2 aromatic heterocycles. The van der Waals surface area contributed by atoms with Crippen molar-refractivity contribution in [3.05, 3.63) is 69.5 Å². The third-order valence-electron chi connectivity index (χ3n) is 8.09. The molecule has 0 unspecified atom stereocenters. The Kier molecular flexibility index (Phi) is 5.60. The summed E-state index contributed by atoms with van der Waals surface area (Å²) in [5.41, 5.74) is 3.01. The molecule has 0 saturated heterocycles. The predicted molar refractivity (Wildman–Crippen MR) is 146 cm³/mol. The molecule has 5 heterocycles. The number of carbonyl (C=O) groups is 1. The Morgan fingerprint density at radius 3 is 2.55 bits per heavy atom. The minimum absolute atomic E-state index is 0.0845. The van der Waals surface area contributed by atoms with Crippen LogP contribution in [0.25, 0.3) is 33.4 Å². The summed E-state index contributed by atoms with van der Waals surface area (Å²) in [7, 11) is 0. The van der Waals surface area contributed by atoms with Crippen LogP contribution in [0.1, 0.15) is 49.8 Å². The van der Waals surface area contributed by atoms with Gasteiger partial charge in [-0.1, -0.05) is 32.4 Å². The Bertz CT molecular complexity index is 1760. The monoisotopic (exact) mass is 540 g/mol. The van der Waals surface area contributed by atoms with Gasteiger partial charge in [-0.25, -0.2) is 9.78 Å². The van der Waals surface area contributed by atoms with Crippen LogP contribution in [-0.4, -0.2) is 34.0 Å². The molecule has 9 nitrogen and oxygen atoms in total. The van der Waals surface area contributed by atoms with Crippen LogP contribution in [0, 0.1) is 0 Å². The van der Waals surface area contributed by atoms with Gasteiger partial charge in [0.05, 0.1) is 35.6 Å². The number of cyclic esters (lactones) is 1. The van der Waals surface area contributed by atoms with Crippen molar-refractivity contribution < 1.29 is 28.8 Å². The zero-order valence-electron chi connectivity index (χ0n) is 22.3. The van der Waals surface area contributed by atoms with Crippen LogP contribution in [0.2, 0.25) is 0 Å². The van der Waals surface area contributed by atoms with Crippen molar-refractivity contribution in [1.29, 1.82) is 0 Å². The van der Waals surface area contributed by atoms with E-state index in [1.165, 1.54) is 0 Å². The summed E-state index contributed by atoms with van der Waals surface area (Å²) in [6.45, 7) is 4.73. The molecule has 1 atom stereocenters. The molecule has 3 aliphatic rings. The van der Waals surface area contributed by atoms with Crippen LogP contribution in [0.3, 0.4) is 0 Å². The van der Waals surface area contributed by atoms with E-state index in [1.807, 2.05) is 36.4 Å². The first-order chi connectivity index (χ1) is 19.4. The molecule has 0 radical (unpaired) electrons. The molecule has 40 heavy (non-hydrogen) atoms. The Labute approximate surface area is 229 Å². The summed E-state index contributed by atoms with van der Waals surface area (Å²) >= 11 is 0. The van der Waals surface area contributed by atoms with Crippen LogP contribution in [0.5, 0.6) is 17.2 Å². The van der Waals surface area contributed by atoms with Gasteiger partial charge in [0, 0.05) is 22.6 Å². The van der Waals surface area contributed by atoms with E-state index in [-0.39, 0.29) is 37.5 Å². The van der Waals surface area contributed by atoms with E-state index in [0.717, 1.165) is 40.7 Å². The summed E-state index contributed by atoms with van der Waals surface area (Å²) < 4.78 is 24.1. The number of hydrogen-bond donors (Lipinski definition) is 1. The topological polar surface area (TPSA) is 109 Å². The van der Waals surface area contributed by atoms with E-state index >= 15 is 0 Å². The maximum absolute atomic E-state index is 13.7. The minimum Gasteiger partial charge on any atom is -0.494 e. The van der Waals surface area contributed by atoms with Crippen molar-refractivity contribution in [2.75, 3.05) is 13.4 Å². The number of benzene rings is 2. The zero-order valence-corrected chi connectivity index (χ0v) is 22.3. The molecular weight excluding hydrogens is 512 g/mol. The third kappa shape index (κ3) is 3.54. The summed E-state index contributed by atoms with van der Waals surface area (Å²) in [5, 5.41) is 12.1. The second kappa shape index (κ2) is 9.09. The third-order valence-corrected chi connectivity index (χ3v) is 8.09. The number of pyridine rings is 2. The first-order valence-electron chi connectivity index (χ1n) is 13.6. The number of ether oxygens (including phenoxy) is 4. The number of aliphatic hydroxyl groups is 1. The van der Waals surface area contributed by atoms with Crippen molar-refractivity contribution in [2.24, 2.45) is 0 Å². The molecule has 0 spiro atoms. The highest BCUT2D eigenvalue weighted by molar-refractivity contribution is 6.01. The van der Waals surface area contributed by atoms with Crippen LogP contribution in [0.15, 0.2) is 47.3 Å². The SMILES string of the molecule is CCCCOc1ccc(-c2c3c(nc4cc5c(cc24)OCO5)-c2cc4c(c(=O)n2C3)COC(=O)[C@]4(O)CC)cc1. The largest absolute Gasteiger partial charge is 0.494 e. The smallest absolute Gasteiger partial charge is 0.343 e. The molecule has 4 aromatic rings. The van der Waals surface area contributed by atoms with Crippen molar-refractivity contribution in [3.8, 4) is 39.8 Å². The average Bonchev–Trinajstić information content (AvgIpc) is 3.58. The second-order valence-corrected chi connectivity index (χ2v) is 10.4. The molecular formula is C31H28N2O7. The second-order valence-electron chi connectivity index (χ2n) is 10.4. The van der Waals surface area contributed by atoms with Gasteiger partial charge in [-0.3, -0.25) is 4.79 Å². The van der Waals surface area contributed by atoms with Gasteiger partial charge < -0.3 is 28.6 Å². The fraction of sp³-hybridized carbons (Fsp3) is 0.323. The lowest BCUT2D eigenvalue weighted by molar-refractivity contribution is -0.172. The molecule has 0 aliphatic carbocycles. The number of aromatic nitrogens is 2. The molecule has 0 bridgehead atoms. The number of carbonyl (C=O) groups excluding carboxylic acids is 1. The summed E-state index contributed by atoms with van der Waals surface area (Å²) in [4.78, 5) is 31.3. The van der Waals surface area contributed by atoms with Gasteiger partial charge in [0.25, 0.3) is 5.56 Å².